The Bertz CT molecular complexity index is 493. The molecule has 0 heterocycles. The molecule has 2 amide bonds. The third kappa shape index (κ3) is 4.67. The molecule has 1 aromatic rings. The van der Waals surface area contributed by atoms with Gasteiger partial charge in [0.1, 0.15) is 0 Å². The van der Waals surface area contributed by atoms with Gasteiger partial charge in [-0.25, -0.2) is 0 Å². The van der Waals surface area contributed by atoms with Crippen LogP contribution in [0.3, 0.4) is 0 Å². The van der Waals surface area contributed by atoms with Crippen LogP contribution in [0, 0.1) is 5.92 Å². The molecule has 112 valence electrons. The van der Waals surface area contributed by atoms with E-state index in [4.69, 9.17) is 17.3 Å². The Morgan fingerprint density at radius 2 is 2.00 bits per heavy atom. The minimum Gasteiger partial charge on any atom is -0.345 e. The van der Waals surface area contributed by atoms with Crippen LogP contribution in [-0.2, 0) is 4.79 Å². The van der Waals surface area contributed by atoms with E-state index in [0.29, 0.717) is 16.3 Å². The summed E-state index contributed by atoms with van der Waals surface area (Å²) in [4.78, 5) is 24.9. The molecule has 0 aromatic heterocycles. The summed E-state index contributed by atoms with van der Waals surface area (Å²) in [6, 6.07) is 4.79. The molecule has 1 unspecified atom stereocenters. The third-order valence-electron chi connectivity index (χ3n) is 2.67. The van der Waals surface area contributed by atoms with Crippen LogP contribution in [0.25, 0.3) is 0 Å². The number of amides is 2. The lowest BCUT2D eigenvalue weighted by atomic mass is 10.1. The summed E-state index contributed by atoms with van der Waals surface area (Å²) < 4.78 is 0. The summed E-state index contributed by atoms with van der Waals surface area (Å²) in [6.07, 6.45) is 0. The van der Waals surface area contributed by atoms with Gasteiger partial charge < -0.3 is 16.0 Å². The van der Waals surface area contributed by atoms with Gasteiger partial charge in [-0.3, -0.25) is 9.59 Å². The maximum absolute atomic E-state index is 11.8. The zero-order valence-electron chi connectivity index (χ0n) is 11.6. The fourth-order valence-corrected chi connectivity index (χ4v) is 1.64. The minimum absolute atomic E-state index is 0. The number of halogens is 2. The maximum Gasteiger partial charge on any atom is 0.254 e. The SMILES string of the molecule is CC(CN)C(=O)Nc1ccc(C(=O)N(C)C)c(Cl)c1.Cl. The van der Waals surface area contributed by atoms with Gasteiger partial charge in [0, 0.05) is 32.2 Å². The average Bonchev–Trinajstić information content (AvgIpc) is 2.37. The Balaban J connectivity index is 0.00000361. The van der Waals surface area contributed by atoms with E-state index < -0.39 is 0 Å². The molecule has 1 atom stereocenters. The van der Waals surface area contributed by atoms with E-state index in [1.54, 1.807) is 39.2 Å². The van der Waals surface area contributed by atoms with Crippen molar-refractivity contribution in [2.75, 3.05) is 26.0 Å². The van der Waals surface area contributed by atoms with Crippen LogP contribution in [0.15, 0.2) is 18.2 Å². The van der Waals surface area contributed by atoms with Crippen molar-refractivity contribution in [3.05, 3.63) is 28.8 Å². The Hall–Kier alpha value is -1.30. The predicted octanol–water partition coefficient (Wildman–Crippen LogP) is 2.00. The number of benzene rings is 1. The zero-order chi connectivity index (χ0) is 14.6. The highest BCUT2D eigenvalue weighted by molar-refractivity contribution is 6.34. The molecular weight excluding hydrogens is 301 g/mol. The number of rotatable bonds is 4. The van der Waals surface area contributed by atoms with Crippen molar-refractivity contribution in [1.29, 1.82) is 0 Å². The summed E-state index contributed by atoms with van der Waals surface area (Å²) in [5.41, 5.74) is 6.36. The van der Waals surface area contributed by atoms with Crippen molar-refractivity contribution in [1.82, 2.24) is 4.90 Å². The average molecular weight is 320 g/mol. The van der Waals surface area contributed by atoms with Gasteiger partial charge >= 0.3 is 0 Å². The number of carbonyl (C=O) groups is 2. The van der Waals surface area contributed by atoms with Crippen LogP contribution in [0.1, 0.15) is 17.3 Å². The van der Waals surface area contributed by atoms with Crippen LogP contribution in [0.4, 0.5) is 5.69 Å². The van der Waals surface area contributed by atoms with Gasteiger partial charge in [0.05, 0.1) is 10.6 Å². The van der Waals surface area contributed by atoms with Crippen LogP contribution in [-0.4, -0.2) is 37.4 Å². The quantitative estimate of drug-likeness (QED) is 0.891. The Kier molecular flexibility index (Phi) is 7.57. The van der Waals surface area contributed by atoms with E-state index in [9.17, 15) is 9.59 Å². The monoisotopic (exact) mass is 319 g/mol. The first-order valence-corrected chi connectivity index (χ1v) is 6.26. The van der Waals surface area contributed by atoms with Crippen molar-refractivity contribution >= 4 is 41.5 Å². The number of carbonyl (C=O) groups excluding carboxylic acids is 2. The van der Waals surface area contributed by atoms with Crippen molar-refractivity contribution in [3.63, 3.8) is 0 Å². The fraction of sp³-hybridized carbons (Fsp3) is 0.385. The second kappa shape index (κ2) is 8.09. The number of nitrogens with zero attached hydrogens (tertiary/aromatic N) is 1. The first-order valence-electron chi connectivity index (χ1n) is 5.89. The van der Waals surface area contributed by atoms with E-state index in [0.717, 1.165) is 0 Å². The van der Waals surface area contributed by atoms with E-state index >= 15 is 0 Å². The molecule has 0 aliphatic rings. The molecule has 5 nitrogen and oxygen atoms in total. The van der Waals surface area contributed by atoms with Crippen molar-refractivity contribution < 1.29 is 9.59 Å². The number of nitrogens with one attached hydrogen (secondary N) is 1. The van der Waals surface area contributed by atoms with Gasteiger partial charge in [-0.05, 0) is 18.2 Å². The molecule has 0 fully saturated rings. The van der Waals surface area contributed by atoms with E-state index in [1.807, 2.05) is 0 Å². The maximum atomic E-state index is 11.8. The first kappa shape index (κ1) is 18.7. The smallest absolute Gasteiger partial charge is 0.254 e. The molecule has 0 radical (unpaired) electrons. The molecule has 0 spiro atoms. The Morgan fingerprint density at radius 1 is 1.40 bits per heavy atom. The standard InChI is InChI=1S/C13H18ClN3O2.ClH/c1-8(7-15)12(18)16-9-4-5-10(11(14)6-9)13(19)17(2)3;/h4-6,8H,7,15H2,1-3H3,(H,16,18);1H. The van der Waals surface area contributed by atoms with Crippen LogP contribution in [0.5, 0.6) is 0 Å². The molecule has 0 saturated carbocycles. The molecule has 0 bridgehead atoms. The van der Waals surface area contributed by atoms with Gasteiger partial charge in [-0.2, -0.15) is 0 Å². The van der Waals surface area contributed by atoms with Crippen molar-refractivity contribution in [2.24, 2.45) is 11.7 Å². The fourth-order valence-electron chi connectivity index (χ4n) is 1.38. The first-order chi connectivity index (χ1) is 8.86. The normalized spacial score (nSPS) is 11.2. The van der Waals surface area contributed by atoms with Crippen LogP contribution >= 0.6 is 24.0 Å². The van der Waals surface area contributed by atoms with Crippen LogP contribution in [0.2, 0.25) is 5.02 Å². The van der Waals surface area contributed by atoms with Gasteiger partial charge in [0.25, 0.3) is 5.91 Å². The summed E-state index contributed by atoms with van der Waals surface area (Å²) in [6.45, 7) is 2.01. The van der Waals surface area contributed by atoms with Gasteiger partial charge in [-0.1, -0.05) is 18.5 Å². The second-order valence-corrected chi connectivity index (χ2v) is 4.93. The molecule has 1 aromatic carbocycles. The molecule has 0 aliphatic carbocycles. The van der Waals surface area contributed by atoms with E-state index in [1.165, 1.54) is 4.90 Å². The molecule has 1 rings (SSSR count). The Labute approximate surface area is 129 Å². The molecule has 20 heavy (non-hydrogen) atoms. The molecular formula is C13H19Cl2N3O2. The highest BCUT2D eigenvalue weighted by Crippen LogP contribution is 2.22. The lowest BCUT2D eigenvalue weighted by Crippen LogP contribution is -2.26. The number of hydrogen-bond donors (Lipinski definition) is 2. The van der Waals surface area contributed by atoms with E-state index in [-0.39, 0.29) is 36.7 Å². The summed E-state index contributed by atoms with van der Waals surface area (Å²) in [5, 5.41) is 3.00. The molecule has 0 aliphatic heterocycles. The summed E-state index contributed by atoms with van der Waals surface area (Å²) >= 11 is 6.04. The summed E-state index contributed by atoms with van der Waals surface area (Å²) in [7, 11) is 3.30. The minimum atomic E-state index is -0.276. The highest BCUT2D eigenvalue weighted by atomic mass is 35.5. The highest BCUT2D eigenvalue weighted by Gasteiger charge is 2.15. The lowest BCUT2D eigenvalue weighted by molar-refractivity contribution is -0.119. The largest absolute Gasteiger partial charge is 0.345 e. The van der Waals surface area contributed by atoms with Crippen molar-refractivity contribution in [3.8, 4) is 0 Å². The summed E-state index contributed by atoms with van der Waals surface area (Å²) in [5.74, 6) is -0.634. The number of nitrogens with two attached hydrogens (primary N) is 1. The Morgan fingerprint density at radius 3 is 2.45 bits per heavy atom. The van der Waals surface area contributed by atoms with Gasteiger partial charge in [-0.15, -0.1) is 12.4 Å². The number of hydrogen-bond acceptors (Lipinski definition) is 3. The topological polar surface area (TPSA) is 75.4 Å². The zero-order valence-corrected chi connectivity index (χ0v) is 13.2. The lowest BCUT2D eigenvalue weighted by Gasteiger charge is -2.14. The number of anilines is 1. The van der Waals surface area contributed by atoms with Crippen molar-refractivity contribution in [2.45, 2.75) is 6.92 Å². The predicted molar refractivity (Wildman–Crippen MR) is 83.6 cm³/mol. The van der Waals surface area contributed by atoms with Gasteiger partial charge in [0.15, 0.2) is 0 Å². The molecule has 7 heteroatoms. The molecule has 3 N–H and O–H groups in total. The molecule has 0 saturated heterocycles. The second-order valence-electron chi connectivity index (χ2n) is 4.52. The van der Waals surface area contributed by atoms with Gasteiger partial charge in [0.2, 0.25) is 5.91 Å². The van der Waals surface area contributed by atoms with Crippen LogP contribution < -0.4 is 11.1 Å². The van der Waals surface area contributed by atoms with E-state index in [2.05, 4.69) is 5.32 Å². The third-order valence-corrected chi connectivity index (χ3v) is 2.99.